The molecule has 0 fully saturated rings. The molecular formula is C18H21F2N3O2. The second-order valence-corrected chi connectivity index (χ2v) is 7.07. The second kappa shape index (κ2) is 6.46. The summed E-state index contributed by atoms with van der Waals surface area (Å²) in [6.45, 7) is 3.86. The maximum atomic E-state index is 13.0. The number of alkyl halides is 2. The number of fused-ring (bicyclic) bond motifs is 1. The van der Waals surface area contributed by atoms with Crippen molar-refractivity contribution in [1.82, 2.24) is 14.5 Å². The molecular weight excluding hydrogens is 328 g/mol. The fourth-order valence-electron chi connectivity index (χ4n) is 2.87. The summed E-state index contributed by atoms with van der Waals surface area (Å²) in [4.78, 5) is 17.9. The van der Waals surface area contributed by atoms with Crippen molar-refractivity contribution in [1.29, 1.82) is 0 Å². The van der Waals surface area contributed by atoms with E-state index in [0.29, 0.717) is 25.1 Å². The zero-order valence-electron chi connectivity index (χ0n) is 14.5. The van der Waals surface area contributed by atoms with Gasteiger partial charge in [-0.05, 0) is 44.4 Å². The number of aromatic nitrogens is 2. The molecule has 1 aliphatic rings. The molecule has 0 unspecified atom stereocenters. The molecule has 0 radical (unpaired) electrons. The Kier molecular flexibility index (Phi) is 4.49. The molecule has 0 N–H and O–H groups in total. The van der Waals surface area contributed by atoms with Crippen molar-refractivity contribution >= 4 is 6.09 Å². The van der Waals surface area contributed by atoms with Crippen LogP contribution in [0.5, 0.6) is 0 Å². The average molecular weight is 349 g/mol. The molecule has 1 aliphatic heterocycles. The number of nitrogens with zero attached hydrogens (tertiary/aromatic N) is 3. The molecule has 1 amide bonds. The van der Waals surface area contributed by atoms with Crippen molar-refractivity contribution in [2.45, 2.75) is 45.9 Å². The monoisotopic (exact) mass is 349 g/mol. The third-order valence-corrected chi connectivity index (χ3v) is 4.01. The molecule has 0 saturated heterocycles. The van der Waals surface area contributed by atoms with Gasteiger partial charge in [-0.1, -0.05) is 12.1 Å². The van der Waals surface area contributed by atoms with Crippen LogP contribution in [0.1, 0.15) is 38.4 Å². The van der Waals surface area contributed by atoms with Gasteiger partial charge < -0.3 is 9.64 Å². The van der Waals surface area contributed by atoms with E-state index >= 15 is 0 Å². The van der Waals surface area contributed by atoms with E-state index in [-0.39, 0.29) is 11.9 Å². The van der Waals surface area contributed by atoms with Crippen LogP contribution in [0.3, 0.4) is 0 Å². The number of carbonyl (C=O) groups is 1. The third-order valence-electron chi connectivity index (χ3n) is 4.01. The summed E-state index contributed by atoms with van der Waals surface area (Å²) in [5.74, 6) is 0.243. The molecule has 0 saturated carbocycles. The van der Waals surface area contributed by atoms with Gasteiger partial charge in [0.15, 0.2) is 0 Å². The second-order valence-electron chi connectivity index (χ2n) is 7.07. The minimum Gasteiger partial charge on any atom is -0.444 e. The highest BCUT2D eigenvalue weighted by atomic mass is 19.3. The van der Waals surface area contributed by atoms with Crippen molar-refractivity contribution in [3.8, 4) is 11.4 Å². The quantitative estimate of drug-likeness (QED) is 0.815. The van der Waals surface area contributed by atoms with E-state index in [4.69, 9.17) is 4.74 Å². The summed E-state index contributed by atoms with van der Waals surface area (Å²) in [5, 5.41) is 0. The Labute approximate surface area is 145 Å². The van der Waals surface area contributed by atoms with Gasteiger partial charge in [0.05, 0.1) is 0 Å². The molecule has 7 heteroatoms. The number of halogens is 2. The first-order valence-electron chi connectivity index (χ1n) is 8.16. The molecule has 5 nitrogen and oxygen atoms in total. The fourth-order valence-corrected chi connectivity index (χ4v) is 2.87. The molecule has 0 aliphatic carbocycles. The zero-order valence-corrected chi connectivity index (χ0v) is 14.5. The molecule has 0 spiro atoms. The van der Waals surface area contributed by atoms with Crippen LogP contribution >= 0.6 is 0 Å². The number of carbonyl (C=O) groups excluding carboxylic acids is 1. The van der Waals surface area contributed by atoms with Crippen LogP contribution in [0.25, 0.3) is 11.4 Å². The number of hydrogen-bond donors (Lipinski definition) is 0. The average Bonchev–Trinajstić information content (AvgIpc) is 3.02. The van der Waals surface area contributed by atoms with Crippen LogP contribution in [0.15, 0.2) is 30.6 Å². The van der Waals surface area contributed by atoms with Crippen LogP contribution in [-0.4, -0.2) is 32.7 Å². The van der Waals surface area contributed by atoms with Crippen LogP contribution in [-0.2, 0) is 17.7 Å². The lowest BCUT2D eigenvalue weighted by Gasteiger charge is -2.31. The first-order valence-corrected chi connectivity index (χ1v) is 8.16. The van der Waals surface area contributed by atoms with Gasteiger partial charge in [-0.15, -0.1) is 0 Å². The predicted molar refractivity (Wildman–Crippen MR) is 89.3 cm³/mol. The van der Waals surface area contributed by atoms with E-state index in [2.05, 4.69) is 4.98 Å². The van der Waals surface area contributed by atoms with Crippen molar-refractivity contribution in [2.75, 3.05) is 6.54 Å². The van der Waals surface area contributed by atoms with E-state index in [1.807, 2.05) is 32.9 Å². The van der Waals surface area contributed by atoms with Gasteiger partial charge in [0, 0.05) is 31.0 Å². The van der Waals surface area contributed by atoms with E-state index in [1.54, 1.807) is 11.0 Å². The first kappa shape index (κ1) is 17.4. The van der Waals surface area contributed by atoms with Crippen LogP contribution in [0.2, 0.25) is 0 Å². The van der Waals surface area contributed by atoms with Crippen molar-refractivity contribution in [3.05, 3.63) is 41.7 Å². The first-order chi connectivity index (χ1) is 11.7. The Balaban J connectivity index is 1.80. The Morgan fingerprint density at radius 2 is 2.04 bits per heavy atom. The fraction of sp³-hybridized carbons (Fsp3) is 0.444. The van der Waals surface area contributed by atoms with E-state index in [1.165, 1.54) is 12.4 Å². The van der Waals surface area contributed by atoms with E-state index in [0.717, 1.165) is 15.7 Å². The molecule has 2 heterocycles. The van der Waals surface area contributed by atoms with Gasteiger partial charge in [-0.3, -0.25) is 4.57 Å². The lowest BCUT2D eigenvalue weighted by atomic mass is 9.97. The molecule has 0 bridgehead atoms. The summed E-state index contributed by atoms with van der Waals surface area (Å²) in [5.41, 5.74) is 2.15. The number of imidazole rings is 1. The smallest absolute Gasteiger partial charge is 0.410 e. The van der Waals surface area contributed by atoms with Gasteiger partial charge in [-0.2, -0.15) is 8.78 Å². The highest BCUT2D eigenvalue weighted by Crippen LogP contribution is 2.28. The van der Waals surface area contributed by atoms with Gasteiger partial charge in [-0.25, -0.2) is 9.78 Å². The lowest BCUT2D eigenvalue weighted by Crippen LogP contribution is -2.39. The Hall–Kier alpha value is -2.44. The van der Waals surface area contributed by atoms with Gasteiger partial charge in [0.2, 0.25) is 0 Å². The molecule has 134 valence electrons. The number of benzene rings is 1. The summed E-state index contributed by atoms with van der Waals surface area (Å²) in [6.07, 6.45) is 2.95. The summed E-state index contributed by atoms with van der Waals surface area (Å²) in [7, 11) is 0. The molecule has 0 atom stereocenters. The van der Waals surface area contributed by atoms with Gasteiger partial charge in [0.25, 0.3) is 0 Å². The van der Waals surface area contributed by atoms with Crippen molar-refractivity contribution in [3.63, 3.8) is 0 Å². The Bertz CT molecular complexity index is 781. The van der Waals surface area contributed by atoms with Gasteiger partial charge >= 0.3 is 12.6 Å². The molecule has 2 aromatic rings. The van der Waals surface area contributed by atoms with E-state index < -0.39 is 12.2 Å². The summed E-state index contributed by atoms with van der Waals surface area (Å²) < 4.78 is 32.3. The van der Waals surface area contributed by atoms with Gasteiger partial charge in [0.1, 0.15) is 11.4 Å². The SMILES string of the molecule is CC(C)(C)OC(=O)N1CCc2cc(-c3nccn3C(F)F)ccc2C1. The molecule has 1 aromatic heterocycles. The summed E-state index contributed by atoms with van der Waals surface area (Å²) in [6, 6.07) is 5.51. The van der Waals surface area contributed by atoms with Crippen molar-refractivity contribution < 1.29 is 18.3 Å². The molecule has 3 rings (SSSR count). The van der Waals surface area contributed by atoms with Crippen molar-refractivity contribution in [2.24, 2.45) is 0 Å². The van der Waals surface area contributed by atoms with Crippen LogP contribution < -0.4 is 0 Å². The number of ether oxygens (including phenoxy) is 1. The normalized spacial score (nSPS) is 14.6. The maximum Gasteiger partial charge on any atom is 0.410 e. The minimum atomic E-state index is -2.63. The number of hydrogen-bond acceptors (Lipinski definition) is 3. The molecule has 1 aromatic carbocycles. The Morgan fingerprint density at radius 1 is 1.28 bits per heavy atom. The predicted octanol–water partition coefficient (Wildman–Crippen LogP) is 4.24. The molecule has 25 heavy (non-hydrogen) atoms. The zero-order chi connectivity index (χ0) is 18.2. The maximum absolute atomic E-state index is 13.0. The third kappa shape index (κ3) is 3.81. The highest BCUT2D eigenvalue weighted by Gasteiger charge is 2.26. The topological polar surface area (TPSA) is 47.4 Å². The van der Waals surface area contributed by atoms with E-state index in [9.17, 15) is 13.6 Å². The van der Waals surface area contributed by atoms with Crippen LogP contribution in [0.4, 0.5) is 13.6 Å². The Morgan fingerprint density at radius 3 is 2.72 bits per heavy atom. The number of amides is 1. The summed E-state index contributed by atoms with van der Waals surface area (Å²) >= 11 is 0. The largest absolute Gasteiger partial charge is 0.444 e. The standard InChI is InChI=1S/C18H21F2N3O2/c1-18(2,3)25-17(24)22-8-6-12-10-13(4-5-14(12)11-22)15-21-7-9-23(15)16(19)20/h4-5,7,9-10,16H,6,8,11H2,1-3H3. The highest BCUT2D eigenvalue weighted by molar-refractivity contribution is 5.69. The van der Waals surface area contributed by atoms with Crippen LogP contribution in [0, 0.1) is 0 Å². The lowest BCUT2D eigenvalue weighted by molar-refractivity contribution is 0.0224. The number of rotatable bonds is 2. The minimum absolute atomic E-state index is 0.243.